The molecule has 8 heteroatoms. The van der Waals surface area contributed by atoms with E-state index in [1.165, 1.54) is 6.08 Å². The van der Waals surface area contributed by atoms with Crippen LogP contribution < -0.4 is 5.32 Å². The van der Waals surface area contributed by atoms with Gasteiger partial charge in [-0.3, -0.25) is 4.79 Å². The predicted molar refractivity (Wildman–Crippen MR) is 84.4 cm³/mol. The maximum absolute atomic E-state index is 10.8. The van der Waals surface area contributed by atoms with Crippen molar-refractivity contribution < 1.29 is 33.6 Å². The van der Waals surface area contributed by atoms with Crippen LogP contribution in [0.5, 0.6) is 0 Å². The highest BCUT2D eigenvalue weighted by atomic mass is 16.6. The first kappa shape index (κ1) is 22.0. The first-order chi connectivity index (χ1) is 11.3. The Morgan fingerprint density at radius 1 is 0.783 bits per heavy atom. The molecule has 23 heavy (non-hydrogen) atoms. The molecule has 0 aromatic heterocycles. The maximum atomic E-state index is 10.8. The molecule has 1 amide bonds. The Bertz CT molecular complexity index is 277. The van der Waals surface area contributed by atoms with Crippen molar-refractivity contribution in [2.45, 2.75) is 0 Å². The molecule has 0 radical (unpaired) electrons. The van der Waals surface area contributed by atoms with Crippen molar-refractivity contribution in [1.82, 2.24) is 5.32 Å². The van der Waals surface area contributed by atoms with Gasteiger partial charge in [0.1, 0.15) is 0 Å². The SMILES string of the molecule is C=CC(=O)NCCOCCOCCOCCOCCOCCO. The minimum Gasteiger partial charge on any atom is -0.394 e. The minimum absolute atomic E-state index is 0.0278. The van der Waals surface area contributed by atoms with E-state index in [4.69, 9.17) is 28.8 Å². The molecule has 0 saturated heterocycles. The van der Waals surface area contributed by atoms with Crippen molar-refractivity contribution in [1.29, 1.82) is 0 Å². The van der Waals surface area contributed by atoms with Crippen LogP contribution in [0.2, 0.25) is 0 Å². The van der Waals surface area contributed by atoms with E-state index in [1.807, 2.05) is 0 Å². The average Bonchev–Trinajstić information content (AvgIpc) is 2.57. The molecule has 0 rings (SSSR count). The lowest BCUT2D eigenvalue weighted by atomic mass is 10.5. The van der Waals surface area contributed by atoms with Crippen LogP contribution >= 0.6 is 0 Å². The largest absolute Gasteiger partial charge is 0.394 e. The number of aliphatic hydroxyl groups is 1. The number of amides is 1. The molecule has 0 spiro atoms. The number of aliphatic hydroxyl groups excluding tert-OH is 1. The first-order valence-corrected chi connectivity index (χ1v) is 7.71. The number of hydrogen-bond acceptors (Lipinski definition) is 7. The van der Waals surface area contributed by atoms with Gasteiger partial charge in [0, 0.05) is 6.54 Å². The number of ether oxygens (including phenoxy) is 5. The third-order valence-electron chi connectivity index (χ3n) is 2.45. The van der Waals surface area contributed by atoms with Crippen molar-refractivity contribution in [3.8, 4) is 0 Å². The van der Waals surface area contributed by atoms with Crippen LogP contribution in [-0.4, -0.2) is 90.2 Å². The van der Waals surface area contributed by atoms with Crippen molar-refractivity contribution >= 4 is 5.91 Å². The van der Waals surface area contributed by atoms with Gasteiger partial charge in [-0.15, -0.1) is 0 Å². The molecule has 0 aliphatic rings. The maximum Gasteiger partial charge on any atom is 0.243 e. The Morgan fingerprint density at radius 2 is 1.17 bits per heavy atom. The Labute approximate surface area is 137 Å². The van der Waals surface area contributed by atoms with Gasteiger partial charge in [0.15, 0.2) is 0 Å². The molecule has 0 aliphatic carbocycles. The van der Waals surface area contributed by atoms with Crippen molar-refractivity contribution in [2.24, 2.45) is 0 Å². The molecule has 0 unspecified atom stereocenters. The third-order valence-corrected chi connectivity index (χ3v) is 2.45. The second kappa shape index (κ2) is 19.0. The summed E-state index contributed by atoms with van der Waals surface area (Å²) in [5.74, 6) is -0.205. The molecule has 0 fully saturated rings. The lowest BCUT2D eigenvalue weighted by Crippen LogP contribution is -2.25. The summed E-state index contributed by atoms with van der Waals surface area (Å²) < 4.78 is 26.2. The molecule has 136 valence electrons. The van der Waals surface area contributed by atoms with Crippen LogP contribution in [0.1, 0.15) is 0 Å². The molecular weight excluding hydrogens is 306 g/mol. The van der Waals surface area contributed by atoms with Gasteiger partial charge in [0.25, 0.3) is 0 Å². The Hall–Kier alpha value is -1.03. The highest BCUT2D eigenvalue weighted by molar-refractivity contribution is 5.86. The van der Waals surface area contributed by atoms with Crippen LogP contribution in [0.4, 0.5) is 0 Å². The molecular formula is C15H29NO7. The van der Waals surface area contributed by atoms with Crippen LogP contribution in [0.3, 0.4) is 0 Å². The molecule has 0 aromatic carbocycles. The Balaban J connectivity index is 3.00. The van der Waals surface area contributed by atoms with Gasteiger partial charge < -0.3 is 34.1 Å². The van der Waals surface area contributed by atoms with Gasteiger partial charge >= 0.3 is 0 Å². The van der Waals surface area contributed by atoms with E-state index in [0.717, 1.165) is 0 Å². The van der Waals surface area contributed by atoms with Crippen molar-refractivity contribution in [3.63, 3.8) is 0 Å². The molecule has 0 aliphatic heterocycles. The monoisotopic (exact) mass is 335 g/mol. The topological polar surface area (TPSA) is 95.5 Å². The van der Waals surface area contributed by atoms with Gasteiger partial charge in [0.2, 0.25) is 5.91 Å². The van der Waals surface area contributed by atoms with Crippen LogP contribution in [-0.2, 0) is 28.5 Å². The molecule has 0 aromatic rings. The normalized spacial score (nSPS) is 10.7. The van der Waals surface area contributed by atoms with E-state index in [-0.39, 0.29) is 12.5 Å². The van der Waals surface area contributed by atoms with Crippen LogP contribution in [0, 0.1) is 0 Å². The first-order valence-electron chi connectivity index (χ1n) is 7.71. The average molecular weight is 335 g/mol. The summed E-state index contributed by atoms with van der Waals surface area (Å²) in [5.41, 5.74) is 0. The zero-order valence-electron chi connectivity index (χ0n) is 13.7. The van der Waals surface area contributed by atoms with Crippen molar-refractivity contribution in [2.75, 3.05) is 79.2 Å². The number of carbonyl (C=O) groups is 1. The molecule has 0 bridgehead atoms. The van der Waals surface area contributed by atoms with Gasteiger partial charge in [0.05, 0.1) is 72.7 Å². The molecule has 2 N–H and O–H groups in total. The number of nitrogens with one attached hydrogen (secondary N) is 1. The van der Waals surface area contributed by atoms with Crippen molar-refractivity contribution in [3.05, 3.63) is 12.7 Å². The van der Waals surface area contributed by atoms with Crippen LogP contribution in [0.25, 0.3) is 0 Å². The van der Waals surface area contributed by atoms with Crippen LogP contribution in [0.15, 0.2) is 12.7 Å². The quantitative estimate of drug-likeness (QED) is 0.254. The number of rotatable bonds is 18. The minimum atomic E-state index is -0.205. The molecule has 0 saturated carbocycles. The summed E-state index contributed by atoms with van der Waals surface area (Å²) >= 11 is 0. The van der Waals surface area contributed by atoms with E-state index in [9.17, 15) is 4.79 Å². The summed E-state index contributed by atoms with van der Waals surface area (Å²) in [5, 5.41) is 11.1. The smallest absolute Gasteiger partial charge is 0.243 e. The molecule has 8 nitrogen and oxygen atoms in total. The zero-order chi connectivity index (χ0) is 17.0. The van der Waals surface area contributed by atoms with E-state index >= 15 is 0 Å². The highest BCUT2D eigenvalue weighted by Crippen LogP contribution is 1.83. The summed E-state index contributed by atoms with van der Waals surface area (Å²) in [7, 11) is 0. The van der Waals surface area contributed by atoms with Gasteiger partial charge in [-0.1, -0.05) is 6.58 Å². The van der Waals surface area contributed by atoms with Gasteiger partial charge in [-0.25, -0.2) is 0 Å². The highest BCUT2D eigenvalue weighted by Gasteiger charge is 1.94. The fraction of sp³-hybridized carbons (Fsp3) is 0.800. The molecule has 0 atom stereocenters. The summed E-state index contributed by atoms with van der Waals surface area (Å²) in [6.45, 7) is 8.54. The summed E-state index contributed by atoms with van der Waals surface area (Å²) in [6.07, 6.45) is 1.22. The third kappa shape index (κ3) is 18.9. The fourth-order valence-corrected chi connectivity index (χ4v) is 1.36. The Morgan fingerprint density at radius 3 is 1.57 bits per heavy atom. The summed E-state index contributed by atoms with van der Waals surface area (Å²) in [6, 6.07) is 0. The lowest BCUT2D eigenvalue weighted by molar-refractivity contribution is -0.116. The summed E-state index contributed by atoms with van der Waals surface area (Å²) in [4.78, 5) is 10.8. The van der Waals surface area contributed by atoms with E-state index in [0.29, 0.717) is 72.6 Å². The molecule has 0 heterocycles. The number of hydrogen-bond donors (Lipinski definition) is 2. The lowest BCUT2D eigenvalue weighted by Gasteiger charge is -2.08. The van der Waals surface area contributed by atoms with Gasteiger partial charge in [-0.05, 0) is 6.08 Å². The fourth-order valence-electron chi connectivity index (χ4n) is 1.36. The second-order valence-corrected chi connectivity index (χ2v) is 4.28. The predicted octanol–water partition coefficient (Wildman–Crippen LogP) is -0.636. The second-order valence-electron chi connectivity index (χ2n) is 4.28. The standard InChI is InChI=1S/C15H29NO7/c1-2-15(18)16-3-5-19-7-9-21-11-13-23-14-12-22-10-8-20-6-4-17/h2,17H,1,3-14H2,(H,16,18). The van der Waals surface area contributed by atoms with E-state index in [1.54, 1.807) is 0 Å². The van der Waals surface area contributed by atoms with Gasteiger partial charge in [-0.2, -0.15) is 0 Å². The van der Waals surface area contributed by atoms with E-state index in [2.05, 4.69) is 11.9 Å². The number of carbonyl (C=O) groups excluding carboxylic acids is 1. The zero-order valence-corrected chi connectivity index (χ0v) is 13.7. The van der Waals surface area contributed by atoms with E-state index < -0.39 is 0 Å². The Kier molecular flexibility index (Phi) is 18.2.